The summed E-state index contributed by atoms with van der Waals surface area (Å²) in [4.78, 5) is 26.2. The minimum atomic E-state index is -0.767. The van der Waals surface area contributed by atoms with E-state index < -0.39 is 11.4 Å². The predicted octanol–water partition coefficient (Wildman–Crippen LogP) is 2.17. The number of methoxy groups -OCH3 is 1. The number of carbonyl (C=O) groups excluding carboxylic acids is 1. The average molecular weight is 372 g/mol. The SMILES string of the molecule is COc1ccccc1C1(C(=O)NC2CC(N(CC(=O)O)CC3CC3)C2)CC1. The second-order valence-electron chi connectivity index (χ2n) is 8.34. The highest BCUT2D eigenvalue weighted by molar-refractivity contribution is 5.92. The minimum absolute atomic E-state index is 0.0856. The van der Waals surface area contributed by atoms with Crippen LogP contribution in [-0.4, -0.2) is 54.2 Å². The lowest BCUT2D eigenvalue weighted by molar-refractivity contribution is -0.140. The molecule has 3 fully saturated rings. The number of nitrogens with zero attached hydrogens (tertiary/aromatic N) is 1. The standard InChI is InChI=1S/C21H28N2O4/c1-27-18-5-3-2-4-17(18)21(8-9-21)20(26)22-15-10-16(11-15)23(13-19(24)25)12-14-6-7-14/h2-5,14-16H,6-13H2,1H3,(H,22,26)(H,24,25). The number of benzene rings is 1. The minimum Gasteiger partial charge on any atom is -0.496 e. The first-order valence-corrected chi connectivity index (χ1v) is 9.92. The van der Waals surface area contributed by atoms with Crippen molar-refractivity contribution in [1.29, 1.82) is 0 Å². The zero-order chi connectivity index (χ0) is 19.0. The van der Waals surface area contributed by atoms with Gasteiger partial charge in [0, 0.05) is 24.2 Å². The first-order chi connectivity index (χ1) is 13.0. The van der Waals surface area contributed by atoms with Gasteiger partial charge in [-0.05, 0) is 50.5 Å². The highest BCUT2D eigenvalue weighted by Gasteiger charge is 2.53. The van der Waals surface area contributed by atoms with Crippen LogP contribution in [0.1, 0.15) is 44.1 Å². The maximum Gasteiger partial charge on any atom is 0.317 e. The van der Waals surface area contributed by atoms with E-state index in [-0.39, 0.29) is 24.5 Å². The summed E-state index contributed by atoms with van der Waals surface area (Å²) >= 11 is 0. The maximum atomic E-state index is 13.0. The van der Waals surface area contributed by atoms with Crippen molar-refractivity contribution in [3.8, 4) is 5.75 Å². The molecule has 0 unspecified atom stereocenters. The number of hydrogen-bond donors (Lipinski definition) is 2. The summed E-state index contributed by atoms with van der Waals surface area (Å²) in [5.41, 5.74) is 0.522. The van der Waals surface area contributed by atoms with E-state index in [2.05, 4.69) is 10.2 Å². The Kier molecular flexibility index (Phi) is 4.84. The molecule has 0 spiro atoms. The predicted molar refractivity (Wildman–Crippen MR) is 101 cm³/mol. The van der Waals surface area contributed by atoms with Crippen molar-refractivity contribution in [3.63, 3.8) is 0 Å². The van der Waals surface area contributed by atoms with Crippen molar-refractivity contribution >= 4 is 11.9 Å². The van der Waals surface area contributed by atoms with Gasteiger partial charge in [0.1, 0.15) is 5.75 Å². The summed E-state index contributed by atoms with van der Waals surface area (Å²) in [6, 6.07) is 8.18. The van der Waals surface area contributed by atoms with E-state index >= 15 is 0 Å². The lowest BCUT2D eigenvalue weighted by Crippen LogP contribution is -2.56. The van der Waals surface area contributed by atoms with Crippen LogP contribution in [0.15, 0.2) is 24.3 Å². The fourth-order valence-electron chi connectivity index (χ4n) is 4.26. The monoisotopic (exact) mass is 372 g/mol. The molecule has 0 atom stereocenters. The van der Waals surface area contributed by atoms with Gasteiger partial charge in [-0.2, -0.15) is 0 Å². The number of carboxylic acid groups (broad SMARTS) is 1. The van der Waals surface area contributed by atoms with Crippen molar-refractivity contribution in [2.24, 2.45) is 5.92 Å². The van der Waals surface area contributed by atoms with Crippen LogP contribution in [0.2, 0.25) is 0 Å². The number of amides is 1. The molecule has 1 aromatic carbocycles. The molecule has 0 aliphatic heterocycles. The molecule has 1 aromatic rings. The summed E-state index contributed by atoms with van der Waals surface area (Å²) in [6.45, 7) is 0.982. The van der Waals surface area contributed by atoms with Crippen LogP contribution in [-0.2, 0) is 15.0 Å². The molecule has 6 heteroatoms. The Labute approximate surface area is 159 Å². The fraction of sp³-hybridized carbons (Fsp3) is 0.619. The third-order valence-electron chi connectivity index (χ3n) is 6.30. The zero-order valence-electron chi connectivity index (χ0n) is 15.8. The lowest BCUT2D eigenvalue weighted by Gasteiger charge is -2.43. The van der Waals surface area contributed by atoms with E-state index in [1.807, 2.05) is 24.3 Å². The van der Waals surface area contributed by atoms with Gasteiger partial charge in [0.15, 0.2) is 0 Å². The highest BCUT2D eigenvalue weighted by atomic mass is 16.5. The van der Waals surface area contributed by atoms with E-state index in [1.165, 1.54) is 12.8 Å². The smallest absolute Gasteiger partial charge is 0.317 e. The Hall–Kier alpha value is -2.08. The van der Waals surface area contributed by atoms with Crippen LogP contribution in [0.4, 0.5) is 0 Å². The molecular formula is C21H28N2O4. The summed E-state index contributed by atoms with van der Waals surface area (Å²) in [7, 11) is 1.64. The third kappa shape index (κ3) is 3.81. The Bertz CT molecular complexity index is 721. The van der Waals surface area contributed by atoms with Crippen molar-refractivity contribution in [2.75, 3.05) is 20.2 Å². The van der Waals surface area contributed by atoms with Crippen molar-refractivity contribution in [1.82, 2.24) is 10.2 Å². The number of hydrogen-bond acceptors (Lipinski definition) is 4. The number of rotatable bonds is 9. The van der Waals surface area contributed by atoms with Crippen LogP contribution in [0.3, 0.4) is 0 Å². The first kappa shape index (κ1) is 18.3. The van der Waals surface area contributed by atoms with Gasteiger partial charge < -0.3 is 15.2 Å². The Morgan fingerprint density at radius 2 is 1.96 bits per heavy atom. The van der Waals surface area contributed by atoms with E-state index in [0.717, 1.165) is 43.5 Å². The average Bonchev–Trinajstić information content (AvgIpc) is 3.51. The van der Waals surface area contributed by atoms with Crippen LogP contribution in [0.25, 0.3) is 0 Å². The zero-order valence-corrected chi connectivity index (χ0v) is 15.8. The molecule has 3 aliphatic carbocycles. The van der Waals surface area contributed by atoms with Crippen molar-refractivity contribution in [3.05, 3.63) is 29.8 Å². The molecule has 0 saturated heterocycles. The number of nitrogens with one attached hydrogen (secondary N) is 1. The summed E-state index contributed by atoms with van der Waals surface area (Å²) in [5.74, 6) is 0.755. The molecule has 0 radical (unpaired) electrons. The van der Waals surface area contributed by atoms with Crippen molar-refractivity contribution in [2.45, 2.75) is 56.0 Å². The molecule has 4 rings (SSSR count). The van der Waals surface area contributed by atoms with Gasteiger partial charge in [-0.25, -0.2) is 0 Å². The third-order valence-corrected chi connectivity index (χ3v) is 6.30. The van der Waals surface area contributed by atoms with Gasteiger partial charge in [0.2, 0.25) is 5.91 Å². The van der Waals surface area contributed by atoms with E-state index in [0.29, 0.717) is 5.92 Å². The number of carbonyl (C=O) groups is 2. The highest BCUT2D eigenvalue weighted by Crippen LogP contribution is 2.51. The van der Waals surface area contributed by atoms with Crippen LogP contribution >= 0.6 is 0 Å². The molecule has 2 N–H and O–H groups in total. The molecule has 6 nitrogen and oxygen atoms in total. The largest absolute Gasteiger partial charge is 0.496 e. The molecular weight excluding hydrogens is 344 g/mol. The van der Waals surface area contributed by atoms with Crippen LogP contribution < -0.4 is 10.1 Å². The van der Waals surface area contributed by atoms with E-state index in [4.69, 9.17) is 9.84 Å². The van der Waals surface area contributed by atoms with E-state index in [9.17, 15) is 9.59 Å². The van der Waals surface area contributed by atoms with Crippen molar-refractivity contribution < 1.29 is 19.4 Å². The molecule has 0 heterocycles. The molecule has 1 amide bonds. The second-order valence-corrected chi connectivity index (χ2v) is 8.34. The Balaban J connectivity index is 1.34. The quantitative estimate of drug-likeness (QED) is 0.695. The van der Waals surface area contributed by atoms with Gasteiger partial charge in [-0.15, -0.1) is 0 Å². The lowest BCUT2D eigenvalue weighted by atomic mass is 9.84. The molecule has 0 bridgehead atoms. The second kappa shape index (κ2) is 7.15. The van der Waals surface area contributed by atoms with Gasteiger partial charge in [0.25, 0.3) is 0 Å². The summed E-state index contributed by atoms with van der Waals surface area (Å²) in [6.07, 6.45) is 5.81. The molecule has 3 saturated carbocycles. The van der Waals surface area contributed by atoms with Gasteiger partial charge in [-0.1, -0.05) is 18.2 Å². The number of carboxylic acids is 1. The molecule has 146 valence electrons. The normalized spacial score (nSPS) is 25.6. The van der Waals surface area contributed by atoms with Gasteiger partial charge >= 0.3 is 5.97 Å². The molecule has 3 aliphatic rings. The first-order valence-electron chi connectivity index (χ1n) is 9.92. The Morgan fingerprint density at radius 1 is 1.26 bits per heavy atom. The number of ether oxygens (including phenoxy) is 1. The van der Waals surface area contributed by atoms with Crippen LogP contribution in [0.5, 0.6) is 5.75 Å². The summed E-state index contributed by atoms with van der Waals surface area (Å²) < 4.78 is 5.45. The fourth-order valence-corrected chi connectivity index (χ4v) is 4.26. The topological polar surface area (TPSA) is 78.9 Å². The molecule has 0 aromatic heterocycles. The maximum absolute atomic E-state index is 13.0. The molecule has 27 heavy (non-hydrogen) atoms. The van der Waals surface area contributed by atoms with Gasteiger partial charge in [0.05, 0.1) is 19.1 Å². The van der Waals surface area contributed by atoms with Crippen LogP contribution in [0, 0.1) is 5.92 Å². The summed E-state index contributed by atoms with van der Waals surface area (Å²) in [5, 5.41) is 12.4. The number of aliphatic carboxylic acids is 1. The Morgan fingerprint density at radius 3 is 2.56 bits per heavy atom. The van der Waals surface area contributed by atoms with E-state index in [1.54, 1.807) is 7.11 Å². The number of para-hydroxylation sites is 1. The van der Waals surface area contributed by atoms with Gasteiger partial charge in [-0.3, -0.25) is 14.5 Å².